The van der Waals surface area contributed by atoms with E-state index < -0.39 is 11.2 Å². The summed E-state index contributed by atoms with van der Waals surface area (Å²) in [5.41, 5.74) is 5.94. The number of nitrogens with two attached hydrogens (primary N) is 1. The van der Waals surface area contributed by atoms with E-state index in [-0.39, 0.29) is 29.8 Å². The minimum absolute atomic E-state index is 0.00447. The lowest BCUT2D eigenvalue weighted by Crippen LogP contribution is -2.46. The van der Waals surface area contributed by atoms with Crippen molar-refractivity contribution in [3.63, 3.8) is 0 Å². The van der Waals surface area contributed by atoms with Crippen molar-refractivity contribution in [2.24, 2.45) is 0 Å². The molecule has 4 rings (SSSR count). The summed E-state index contributed by atoms with van der Waals surface area (Å²) in [6.45, 7) is 1.68. The molecule has 1 aliphatic carbocycles. The maximum absolute atomic E-state index is 12.8. The summed E-state index contributed by atoms with van der Waals surface area (Å²) < 4.78 is 1.36. The van der Waals surface area contributed by atoms with Crippen molar-refractivity contribution in [3.05, 3.63) is 56.7 Å². The maximum Gasteiger partial charge on any atom is 0.330 e. The summed E-state index contributed by atoms with van der Waals surface area (Å²) in [5, 5.41) is 0. The fraction of sp³-hybridized carbons (Fsp3) is 0.476. The van der Waals surface area contributed by atoms with Gasteiger partial charge in [-0.25, -0.2) is 4.79 Å². The van der Waals surface area contributed by atoms with Crippen molar-refractivity contribution in [1.82, 2.24) is 14.5 Å². The molecule has 8 nitrogen and oxygen atoms in total. The topological polar surface area (TPSA) is 104 Å². The third-order valence-corrected chi connectivity index (χ3v) is 6.01. The number of hydrogen-bond donors (Lipinski definition) is 2. The maximum atomic E-state index is 12.8. The number of carbonyl (C=O) groups is 1. The van der Waals surface area contributed by atoms with E-state index in [0.717, 1.165) is 38.8 Å². The van der Waals surface area contributed by atoms with Crippen LogP contribution < -0.4 is 21.9 Å². The quantitative estimate of drug-likeness (QED) is 0.711. The Morgan fingerprint density at radius 3 is 2.41 bits per heavy atom. The molecule has 8 heteroatoms. The Hall–Kier alpha value is -2.87. The van der Waals surface area contributed by atoms with Gasteiger partial charge in [0.15, 0.2) is 5.78 Å². The number of piperidine rings is 1. The SMILES string of the molecule is CN(c1ccccc1)C1CCN(CC(=O)c2c(N)n(C3CC3)c(=O)[nH]c2=O)CC1. The van der Waals surface area contributed by atoms with Gasteiger partial charge in [0.25, 0.3) is 5.56 Å². The number of carbonyl (C=O) groups excluding carboxylic acids is 1. The molecule has 3 N–H and O–H groups in total. The molecule has 29 heavy (non-hydrogen) atoms. The van der Waals surface area contributed by atoms with Gasteiger partial charge in [-0.2, -0.15) is 0 Å². The van der Waals surface area contributed by atoms with Crippen molar-refractivity contribution in [2.45, 2.75) is 37.8 Å². The highest BCUT2D eigenvalue weighted by Crippen LogP contribution is 2.35. The summed E-state index contributed by atoms with van der Waals surface area (Å²) in [5.74, 6) is -0.321. The van der Waals surface area contributed by atoms with Crippen LogP contribution in [0.25, 0.3) is 0 Å². The van der Waals surface area contributed by atoms with Crippen LogP contribution in [0.1, 0.15) is 42.1 Å². The zero-order valence-corrected chi connectivity index (χ0v) is 16.6. The molecule has 154 valence electrons. The predicted octanol–water partition coefficient (Wildman–Crippen LogP) is 1.24. The van der Waals surface area contributed by atoms with Gasteiger partial charge in [-0.05, 0) is 37.8 Å². The molecule has 0 spiro atoms. The molecule has 0 bridgehead atoms. The van der Waals surface area contributed by atoms with Crippen LogP contribution in [0, 0.1) is 0 Å². The van der Waals surface area contributed by atoms with E-state index in [1.54, 1.807) is 0 Å². The zero-order valence-electron chi connectivity index (χ0n) is 16.6. The summed E-state index contributed by atoms with van der Waals surface area (Å²) >= 11 is 0. The molecule has 2 aromatic rings. The Morgan fingerprint density at radius 1 is 1.14 bits per heavy atom. The number of hydrogen-bond acceptors (Lipinski definition) is 6. The average Bonchev–Trinajstić information content (AvgIpc) is 3.53. The van der Waals surface area contributed by atoms with E-state index in [9.17, 15) is 14.4 Å². The van der Waals surface area contributed by atoms with Crippen LogP contribution in [0.5, 0.6) is 0 Å². The first-order valence-electron chi connectivity index (χ1n) is 10.1. The monoisotopic (exact) mass is 397 g/mol. The van der Waals surface area contributed by atoms with Crippen LogP contribution in [0.2, 0.25) is 0 Å². The number of likely N-dealkylation sites (tertiary alicyclic amines) is 1. The first-order chi connectivity index (χ1) is 14.0. The van der Waals surface area contributed by atoms with Crippen LogP contribution in [-0.4, -0.2) is 53.0 Å². The minimum Gasteiger partial charge on any atom is -0.384 e. The lowest BCUT2D eigenvalue weighted by atomic mass is 10.0. The predicted molar refractivity (Wildman–Crippen MR) is 113 cm³/mol. The van der Waals surface area contributed by atoms with Gasteiger partial charge in [-0.15, -0.1) is 0 Å². The number of aromatic nitrogens is 2. The van der Waals surface area contributed by atoms with Crippen LogP contribution >= 0.6 is 0 Å². The Balaban J connectivity index is 1.41. The molecule has 2 aliphatic rings. The number of nitrogen functional groups attached to an aromatic ring is 1. The molecule has 1 aliphatic heterocycles. The van der Waals surface area contributed by atoms with Crippen molar-refractivity contribution >= 4 is 17.3 Å². The van der Waals surface area contributed by atoms with Gasteiger partial charge in [-0.1, -0.05) is 18.2 Å². The van der Waals surface area contributed by atoms with Crippen molar-refractivity contribution in [1.29, 1.82) is 0 Å². The van der Waals surface area contributed by atoms with Crippen LogP contribution in [-0.2, 0) is 0 Å². The van der Waals surface area contributed by atoms with Crippen LogP contribution in [0.15, 0.2) is 39.9 Å². The smallest absolute Gasteiger partial charge is 0.330 e. The molecule has 1 aromatic carbocycles. The third-order valence-electron chi connectivity index (χ3n) is 6.01. The molecular formula is C21H27N5O3. The number of nitrogens with zero attached hydrogens (tertiary/aromatic N) is 3. The number of anilines is 2. The second-order valence-electron chi connectivity index (χ2n) is 8.00. The average molecular weight is 397 g/mol. The highest BCUT2D eigenvalue weighted by Gasteiger charge is 2.31. The minimum atomic E-state index is -0.687. The molecule has 0 atom stereocenters. The molecule has 0 amide bonds. The van der Waals surface area contributed by atoms with Gasteiger partial charge in [0.2, 0.25) is 0 Å². The van der Waals surface area contributed by atoms with Crippen LogP contribution in [0.4, 0.5) is 11.5 Å². The molecular weight excluding hydrogens is 370 g/mol. The normalized spacial score (nSPS) is 18.0. The van der Waals surface area contributed by atoms with Gasteiger partial charge >= 0.3 is 5.69 Å². The van der Waals surface area contributed by atoms with Crippen LogP contribution in [0.3, 0.4) is 0 Å². The van der Waals surface area contributed by atoms with E-state index in [4.69, 9.17) is 5.73 Å². The number of Topliss-reactive ketones (excluding diaryl/α,β-unsaturated/α-hetero) is 1. The summed E-state index contributed by atoms with van der Waals surface area (Å²) in [4.78, 5) is 43.7. The second-order valence-corrected chi connectivity index (χ2v) is 8.00. The van der Waals surface area contributed by atoms with E-state index in [1.807, 2.05) is 18.2 Å². The molecule has 0 radical (unpaired) electrons. The fourth-order valence-corrected chi connectivity index (χ4v) is 4.15. The van der Waals surface area contributed by atoms with Gasteiger partial charge in [0, 0.05) is 37.9 Å². The number of rotatable bonds is 6. The summed E-state index contributed by atoms with van der Waals surface area (Å²) in [6.07, 6.45) is 3.55. The number of nitrogens with one attached hydrogen (secondary N) is 1. The molecule has 1 aromatic heterocycles. The highest BCUT2D eigenvalue weighted by atomic mass is 16.2. The Morgan fingerprint density at radius 2 is 1.79 bits per heavy atom. The first kappa shape index (κ1) is 19.4. The number of benzene rings is 1. The number of H-pyrrole nitrogens is 1. The Bertz CT molecular complexity index is 1000. The number of ketones is 1. The van der Waals surface area contributed by atoms with Crippen molar-refractivity contribution in [2.75, 3.05) is 37.3 Å². The van der Waals surface area contributed by atoms with E-state index in [0.29, 0.717) is 6.04 Å². The second kappa shape index (κ2) is 7.87. The third kappa shape index (κ3) is 3.98. The van der Waals surface area contributed by atoms with Gasteiger partial charge in [-0.3, -0.25) is 24.0 Å². The standard InChI is InChI=1S/C21H27N5O3/c1-24(14-5-3-2-4-6-14)15-9-11-25(12-10-15)13-17(27)18-19(22)26(16-7-8-16)21(29)23-20(18)28/h2-6,15-16H,7-13,22H2,1H3,(H,23,28,29). The highest BCUT2D eigenvalue weighted by molar-refractivity contribution is 6.01. The van der Waals surface area contributed by atoms with Crippen molar-refractivity contribution < 1.29 is 4.79 Å². The lowest BCUT2D eigenvalue weighted by Gasteiger charge is -2.37. The lowest BCUT2D eigenvalue weighted by molar-refractivity contribution is 0.0908. The molecule has 2 fully saturated rings. The molecule has 1 saturated carbocycles. The summed E-state index contributed by atoms with van der Waals surface area (Å²) in [7, 11) is 2.10. The zero-order chi connectivity index (χ0) is 20.5. The largest absolute Gasteiger partial charge is 0.384 e. The molecule has 2 heterocycles. The van der Waals surface area contributed by atoms with E-state index >= 15 is 0 Å². The number of aromatic amines is 1. The first-order valence-corrected chi connectivity index (χ1v) is 10.1. The van der Waals surface area contributed by atoms with Crippen molar-refractivity contribution in [3.8, 4) is 0 Å². The summed E-state index contributed by atoms with van der Waals surface area (Å²) in [6, 6.07) is 10.7. The van der Waals surface area contributed by atoms with Gasteiger partial charge < -0.3 is 10.6 Å². The Labute approximate surface area is 168 Å². The number of para-hydroxylation sites is 1. The van der Waals surface area contributed by atoms with Gasteiger partial charge in [0.05, 0.1) is 6.54 Å². The van der Waals surface area contributed by atoms with E-state index in [1.165, 1.54) is 10.3 Å². The Kier molecular flexibility index (Phi) is 5.27. The molecule has 0 unspecified atom stereocenters. The fourth-order valence-electron chi connectivity index (χ4n) is 4.15. The van der Waals surface area contributed by atoms with Gasteiger partial charge in [0.1, 0.15) is 11.4 Å². The van der Waals surface area contributed by atoms with E-state index in [2.05, 4.69) is 34.0 Å². The molecule has 1 saturated heterocycles.